The van der Waals surface area contributed by atoms with Gasteiger partial charge in [0.25, 0.3) is 5.91 Å². The number of hydrogen-bond donors (Lipinski definition) is 3. The van der Waals surface area contributed by atoms with Gasteiger partial charge in [-0.25, -0.2) is 0 Å². The summed E-state index contributed by atoms with van der Waals surface area (Å²) in [5.74, 6) is -1.34. The van der Waals surface area contributed by atoms with Crippen LogP contribution >= 0.6 is 11.3 Å². The highest BCUT2D eigenvalue weighted by Gasteiger charge is 2.20. The lowest BCUT2D eigenvalue weighted by Gasteiger charge is -2.16. The first kappa shape index (κ1) is 14.1. The van der Waals surface area contributed by atoms with Crippen molar-refractivity contribution in [3.8, 4) is 0 Å². The fourth-order valence-electron chi connectivity index (χ4n) is 1.83. The van der Waals surface area contributed by atoms with Crippen molar-refractivity contribution in [3.05, 3.63) is 52.2 Å². The van der Waals surface area contributed by atoms with Gasteiger partial charge >= 0.3 is 5.97 Å². The summed E-state index contributed by atoms with van der Waals surface area (Å²) in [4.78, 5) is 23.9. The zero-order valence-corrected chi connectivity index (χ0v) is 11.4. The molecule has 0 spiro atoms. The maximum absolute atomic E-state index is 12.2. The van der Waals surface area contributed by atoms with Gasteiger partial charge in [0.1, 0.15) is 0 Å². The summed E-state index contributed by atoms with van der Waals surface area (Å²) in [6.45, 7) is 0. The number of nitrogens with two attached hydrogens (primary N) is 1. The molecule has 0 fully saturated rings. The summed E-state index contributed by atoms with van der Waals surface area (Å²) < 4.78 is 0. The summed E-state index contributed by atoms with van der Waals surface area (Å²) in [5.41, 5.74) is 6.46. The van der Waals surface area contributed by atoms with Crippen LogP contribution in [0.5, 0.6) is 0 Å². The number of nitrogens with one attached hydrogen (secondary N) is 1. The summed E-state index contributed by atoms with van der Waals surface area (Å²) in [7, 11) is 0. The van der Waals surface area contributed by atoms with Gasteiger partial charge in [0, 0.05) is 10.6 Å². The first-order valence-electron chi connectivity index (χ1n) is 5.98. The van der Waals surface area contributed by atoms with Crippen molar-refractivity contribution < 1.29 is 14.7 Å². The number of amides is 1. The number of carbonyl (C=O) groups is 2. The molecule has 1 aromatic heterocycles. The van der Waals surface area contributed by atoms with Crippen molar-refractivity contribution in [3.63, 3.8) is 0 Å². The van der Waals surface area contributed by atoms with Crippen molar-refractivity contribution in [2.24, 2.45) is 0 Å². The van der Waals surface area contributed by atoms with Crippen molar-refractivity contribution in [1.82, 2.24) is 5.32 Å². The van der Waals surface area contributed by atoms with Gasteiger partial charge in [-0.1, -0.05) is 18.2 Å². The normalized spacial score (nSPS) is 11.8. The molecule has 2 rings (SSSR count). The Labute approximate surface area is 120 Å². The van der Waals surface area contributed by atoms with Gasteiger partial charge in [-0.15, -0.1) is 11.3 Å². The third-order valence-corrected chi connectivity index (χ3v) is 3.76. The highest BCUT2D eigenvalue weighted by atomic mass is 32.1. The Bertz CT molecular complexity index is 611. The van der Waals surface area contributed by atoms with Crippen LogP contribution in [0.2, 0.25) is 0 Å². The number of hydrogen-bond acceptors (Lipinski definition) is 4. The SMILES string of the molecule is Nc1ccccc1C(=O)NC(CC(=O)O)c1cccs1. The van der Waals surface area contributed by atoms with Crippen LogP contribution in [-0.4, -0.2) is 17.0 Å². The van der Waals surface area contributed by atoms with Gasteiger partial charge in [0.05, 0.1) is 18.0 Å². The maximum Gasteiger partial charge on any atom is 0.305 e. The van der Waals surface area contributed by atoms with Gasteiger partial charge in [-0.3, -0.25) is 9.59 Å². The van der Waals surface area contributed by atoms with Gasteiger partial charge in [-0.05, 0) is 23.6 Å². The Hall–Kier alpha value is -2.34. The van der Waals surface area contributed by atoms with E-state index in [9.17, 15) is 9.59 Å². The monoisotopic (exact) mass is 290 g/mol. The minimum atomic E-state index is -0.968. The molecule has 1 heterocycles. The predicted molar refractivity (Wildman–Crippen MR) is 77.6 cm³/mol. The maximum atomic E-state index is 12.2. The zero-order valence-electron chi connectivity index (χ0n) is 10.6. The van der Waals surface area contributed by atoms with Crippen LogP contribution in [0.3, 0.4) is 0 Å². The second-order valence-electron chi connectivity index (χ2n) is 4.23. The largest absolute Gasteiger partial charge is 0.481 e. The smallest absolute Gasteiger partial charge is 0.305 e. The molecular weight excluding hydrogens is 276 g/mol. The first-order chi connectivity index (χ1) is 9.58. The lowest BCUT2D eigenvalue weighted by molar-refractivity contribution is -0.137. The molecule has 0 radical (unpaired) electrons. The van der Waals surface area contributed by atoms with Crippen LogP contribution < -0.4 is 11.1 Å². The first-order valence-corrected chi connectivity index (χ1v) is 6.86. The van der Waals surface area contributed by atoms with Crippen LogP contribution in [0.4, 0.5) is 5.69 Å². The van der Waals surface area contributed by atoms with Gasteiger partial charge in [0.15, 0.2) is 0 Å². The predicted octanol–water partition coefficient (Wildman–Crippen LogP) is 2.28. The number of carbonyl (C=O) groups excluding carboxylic acids is 1. The Morgan fingerprint density at radius 3 is 2.60 bits per heavy atom. The molecule has 0 saturated heterocycles. The molecule has 0 aliphatic carbocycles. The number of benzene rings is 1. The minimum Gasteiger partial charge on any atom is -0.481 e. The highest BCUT2D eigenvalue weighted by molar-refractivity contribution is 7.10. The molecule has 6 heteroatoms. The van der Waals surface area contributed by atoms with E-state index in [4.69, 9.17) is 10.8 Å². The second-order valence-corrected chi connectivity index (χ2v) is 5.21. The molecular formula is C14H14N2O3S. The molecule has 1 amide bonds. The minimum absolute atomic E-state index is 0.168. The number of nitrogen functional groups attached to an aromatic ring is 1. The zero-order chi connectivity index (χ0) is 14.5. The number of carboxylic acids is 1. The molecule has 1 atom stereocenters. The van der Waals surface area contributed by atoms with Crippen molar-refractivity contribution >= 4 is 28.9 Å². The standard InChI is InChI=1S/C14H14N2O3S/c15-10-5-2-1-4-9(10)14(19)16-11(8-13(17)18)12-6-3-7-20-12/h1-7,11H,8,15H2,(H,16,19)(H,17,18). The highest BCUT2D eigenvalue weighted by Crippen LogP contribution is 2.23. The van der Waals surface area contributed by atoms with Crippen molar-refractivity contribution in [2.45, 2.75) is 12.5 Å². The van der Waals surface area contributed by atoms with Crippen LogP contribution in [0.15, 0.2) is 41.8 Å². The Kier molecular flexibility index (Phi) is 4.37. The molecule has 1 unspecified atom stereocenters. The number of thiophene rings is 1. The fourth-order valence-corrected chi connectivity index (χ4v) is 2.60. The molecule has 0 aliphatic heterocycles. The number of anilines is 1. The summed E-state index contributed by atoms with van der Waals surface area (Å²) in [5, 5.41) is 13.5. The molecule has 5 nitrogen and oxygen atoms in total. The lowest BCUT2D eigenvalue weighted by Crippen LogP contribution is -2.30. The average Bonchev–Trinajstić information content (AvgIpc) is 2.91. The van der Waals surface area contributed by atoms with E-state index in [1.807, 2.05) is 11.4 Å². The van der Waals surface area contributed by atoms with Gasteiger partial charge < -0.3 is 16.2 Å². The third kappa shape index (κ3) is 3.36. The van der Waals surface area contributed by atoms with Crippen LogP contribution in [0.25, 0.3) is 0 Å². The second kappa shape index (κ2) is 6.21. The van der Waals surface area contributed by atoms with E-state index in [0.717, 1.165) is 4.88 Å². The van der Waals surface area contributed by atoms with Crippen molar-refractivity contribution in [2.75, 3.05) is 5.73 Å². The summed E-state index contributed by atoms with van der Waals surface area (Å²) >= 11 is 1.41. The lowest BCUT2D eigenvalue weighted by atomic mass is 10.1. The molecule has 4 N–H and O–H groups in total. The molecule has 2 aromatic rings. The number of aliphatic carboxylic acids is 1. The van der Waals surface area contributed by atoms with Crippen LogP contribution in [-0.2, 0) is 4.79 Å². The van der Waals surface area contributed by atoms with E-state index in [0.29, 0.717) is 11.3 Å². The fraction of sp³-hybridized carbons (Fsp3) is 0.143. The van der Waals surface area contributed by atoms with Gasteiger partial charge in [0.2, 0.25) is 0 Å². The summed E-state index contributed by atoms with van der Waals surface area (Å²) in [6, 6.07) is 9.75. The Morgan fingerprint density at radius 1 is 1.25 bits per heavy atom. The molecule has 1 aromatic carbocycles. The Morgan fingerprint density at radius 2 is 2.00 bits per heavy atom. The molecule has 104 valence electrons. The average molecular weight is 290 g/mol. The number of para-hydroxylation sites is 1. The molecule has 0 aliphatic rings. The third-order valence-electron chi connectivity index (χ3n) is 2.78. The quantitative estimate of drug-likeness (QED) is 0.736. The van der Waals surface area contributed by atoms with Crippen LogP contribution in [0.1, 0.15) is 27.7 Å². The number of carboxylic acid groups (broad SMARTS) is 1. The van der Waals surface area contributed by atoms with E-state index in [2.05, 4.69) is 5.32 Å². The van der Waals surface area contributed by atoms with E-state index < -0.39 is 12.0 Å². The molecule has 0 saturated carbocycles. The number of rotatable bonds is 5. The molecule has 0 bridgehead atoms. The van der Waals surface area contributed by atoms with E-state index in [1.54, 1.807) is 30.3 Å². The van der Waals surface area contributed by atoms with Crippen molar-refractivity contribution in [1.29, 1.82) is 0 Å². The van der Waals surface area contributed by atoms with E-state index in [-0.39, 0.29) is 12.3 Å². The Balaban J connectivity index is 2.18. The van der Waals surface area contributed by atoms with E-state index >= 15 is 0 Å². The van der Waals surface area contributed by atoms with Gasteiger partial charge in [-0.2, -0.15) is 0 Å². The topological polar surface area (TPSA) is 92.4 Å². The van der Waals surface area contributed by atoms with Crippen LogP contribution in [0, 0.1) is 0 Å². The molecule has 20 heavy (non-hydrogen) atoms. The van der Waals surface area contributed by atoms with E-state index in [1.165, 1.54) is 11.3 Å². The summed E-state index contributed by atoms with van der Waals surface area (Å²) in [6.07, 6.45) is -0.168.